The van der Waals surface area contributed by atoms with Crippen molar-refractivity contribution in [3.8, 4) is 11.6 Å². The number of rotatable bonds is 6. The summed E-state index contributed by atoms with van der Waals surface area (Å²) in [4.78, 5) is 21.6. The maximum Gasteiger partial charge on any atom is 0.251 e. The molecule has 0 fully saturated rings. The van der Waals surface area contributed by atoms with E-state index >= 15 is 0 Å². The number of benzene rings is 2. The fourth-order valence-electron chi connectivity index (χ4n) is 2.81. The molecule has 0 aliphatic carbocycles. The molecule has 1 amide bonds. The molecule has 4 aromatic rings. The third-order valence-corrected chi connectivity index (χ3v) is 5.95. The minimum absolute atomic E-state index is 0. The summed E-state index contributed by atoms with van der Waals surface area (Å²) >= 11 is 8.02. The van der Waals surface area contributed by atoms with Gasteiger partial charge in [0.05, 0.1) is 17.3 Å². The number of carbonyl (C=O) groups is 1. The number of hydrogen-bond donors (Lipinski definition) is 2. The normalized spacial score (nSPS) is 10.5. The quantitative estimate of drug-likeness (QED) is 0.424. The van der Waals surface area contributed by atoms with Crippen molar-refractivity contribution in [3.63, 3.8) is 0 Å². The molecular formula is C21H18Cl2N4O2S. The molecule has 0 atom stereocenters. The standard InChI is InChI=1S/C21H17ClN4O2S.ClH/c22-20-16-6-1-2-7-17(16)29-18(20)11-24-21(27)13-4-3-5-15(8-13)28-19-9-14(10-23)25-12-26-19;/h1-9,12H,10-11,23H2,(H,24,27);1H. The van der Waals surface area contributed by atoms with Crippen molar-refractivity contribution in [2.75, 3.05) is 0 Å². The molecule has 2 aromatic heterocycles. The Bertz CT molecular complexity index is 1180. The molecule has 0 saturated heterocycles. The Morgan fingerprint density at radius 3 is 2.77 bits per heavy atom. The van der Waals surface area contributed by atoms with Gasteiger partial charge in [0.25, 0.3) is 5.91 Å². The molecule has 0 bridgehead atoms. The monoisotopic (exact) mass is 460 g/mol. The number of thiophene rings is 1. The Morgan fingerprint density at radius 1 is 1.13 bits per heavy atom. The molecule has 3 N–H and O–H groups in total. The lowest BCUT2D eigenvalue weighted by molar-refractivity contribution is 0.0951. The van der Waals surface area contributed by atoms with Gasteiger partial charge in [-0.15, -0.1) is 23.7 Å². The van der Waals surface area contributed by atoms with Crippen LogP contribution in [-0.2, 0) is 13.1 Å². The number of fused-ring (bicyclic) bond motifs is 1. The molecule has 0 spiro atoms. The number of halogens is 2. The minimum atomic E-state index is -0.214. The van der Waals surface area contributed by atoms with Crippen LogP contribution < -0.4 is 15.8 Å². The predicted octanol–water partition coefficient (Wildman–Crippen LogP) is 4.95. The van der Waals surface area contributed by atoms with Crippen molar-refractivity contribution in [1.29, 1.82) is 0 Å². The molecule has 0 aliphatic rings. The van der Waals surface area contributed by atoms with E-state index in [9.17, 15) is 4.79 Å². The summed E-state index contributed by atoms with van der Waals surface area (Å²) in [7, 11) is 0. The number of carbonyl (C=O) groups excluding carboxylic acids is 1. The molecule has 154 valence electrons. The lowest BCUT2D eigenvalue weighted by atomic mass is 10.2. The zero-order valence-electron chi connectivity index (χ0n) is 15.7. The second-order valence-corrected chi connectivity index (χ2v) is 7.71. The summed E-state index contributed by atoms with van der Waals surface area (Å²) in [6, 6.07) is 16.5. The second-order valence-electron chi connectivity index (χ2n) is 6.20. The Labute approximate surface area is 188 Å². The van der Waals surface area contributed by atoms with Gasteiger partial charge in [0.1, 0.15) is 12.1 Å². The summed E-state index contributed by atoms with van der Waals surface area (Å²) in [6.07, 6.45) is 1.39. The van der Waals surface area contributed by atoms with E-state index in [1.165, 1.54) is 6.33 Å². The Morgan fingerprint density at radius 2 is 1.97 bits per heavy atom. The van der Waals surface area contributed by atoms with Crippen LogP contribution in [0.15, 0.2) is 60.9 Å². The first kappa shape index (κ1) is 22.0. The van der Waals surface area contributed by atoms with E-state index in [1.54, 1.807) is 41.7 Å². The van der Waals surface area contributed by atoms with Crippen molar-refractivity contribution >= 4 is 51.3 Å². The van der Waals surface area contributed by atoms with Crippen LogP contribution in [0.2, 0.25) is 5.02 Å². The highest BCUT2D eigenvalue weighted by molar-refractivity contribution is 7.19. The first-order chi connectivity index (χ1) is 14.1. The molecular weight excluding hydrogens is 443 g/mol. The number of nitrogens with zero attached hydrogens (tertiary/aromatic N) is 2. The maximum absolute atomic E-state index is 12.6. The van der Waals surface area contributed by atoms with Crippen LogP contribution in [0.3, 0.4) is 0 Å². The molecule has 2 aromatic carbocycles. The summed E-state index contributed by atoms with van der Waals surface area (Å²) < 4.78 is 6.82. The number of nitrogens with one attached hydrogen (secondary N) is 1. The van der Waals surface area contributed by atoms with Gasteiger partial charge in [-0.05, 0) is 24.3 Å². The smallest absolute Gasteiger partial charge is 0.251 e. The SMILES string of the molecule is Cl.NCc1cc(Oc2cccc(C(=O)NCc3sc4ccccc4c3Cl)c2)ncn1. The summed E-state index contributed by atoms with van der Waals surface area (Å²) in [5.74, 6) is 0.656. The van der Waals surface area contributed by atoms with Gasteiger partial charge in [-0.1, -0.05) is 35.9 Å². The molecule has 0 radical (unpaired) electrons. The molecule has 2 heterocycles. The first-order valence-electron chi connectivity index (χ1n) is 8.87. The summed E-state index contributed by atoms with van der Waals surface area (Å²) in [5, 5.41) is 4.60. The fraction of sp³-hybridized carbons (Fsp3) is 0.0952. The first-order valence-corrected chi connectivity index (χ1v) is 10.1. The zero-order chi connectivity index (χ0) is 20.2. The number of amides is 1. The van der Waals surface area contributed by atoms with Gasteiger partial charge in [-0.2, -0.15) is 0 Å². The topological polar surface area (TPSA) is 90.1 Å². The van der Waals surface area contributed by atoms with Crippen LogP contribution in [0, 0.1) is 0 Å². The van der Waals surface area contributed by atoms with Crippen molar-refractivity contribution in [2.45, 2.75) is 13.1 Å². The lowest BCUT2D eigenvalue weighted by Gasteiger charge is -2.08. The third-order valence-electron chi connectivity index (χ3n) is 4.24. The average molecular weight is 461 g/mol. The second kappa shape index (κ2) is 9.86. The van der Waals surface area contributed by atoms with Crippen LogP contribution in [0.5, 0.6) is 11.6 Å². The highest BCUT2D eigenvalue weighted by atomic mass is 35.5. The highest BCUT2D eigenvalue weighted by Gasteiger charge is 2.12. The van der Waals surface area contributed by atoms with Gasteiger partial charge >= 0.3 is 0 Å². The maximum atomic E-state index is 12.6. The van der Waals surface area contributed by atoms with Crippen molar-refractivity contribution < 1.29 is 9.53 Å². The number of aromatic nitrogens is 2. The van der Waals surface area contributed by atoms with E-state index in [0.717, 1.165) is 15.0 Å². The van der Waals surface area contributed by atoms with Gasteiger partial charge in [-0.25, -0.2) is 9.97 Å². The van der Waals surface area contributed by atoms with E-state index in [0.29, 0.717) is 41.0 Å². The third kappa shape index (κ3) is 4.88. The minimum Gasteiger partial charge on any atom is -0.439 e. The predicted molar refractivity (Wildman–Crippen MR) is 122 cm³/mol. The zero-order valence-corrected chi connectivity index (χ0v) is 18.1. The van der Waals surface area contributed by atoms with Gasteiger partial charge in [0.15, 0.2) is 0 Å². The number of hydrogen-bond acceptors (Lipinski definition) is 6. The van der Waals surface area contributed by atoms with Crippen LogP contribution in [0.1, 0.15) is 20.9 Å². The Kier molecular flexibility index (Phi) is 7.23. The van der Waals surface area contributed by atoms with Gasteiger partial charge in [0, 0.05) is 33.1 Å². The van der Waals surface area contributed by atoms with E-state index < -0.39 is 0 Å². The fourth-order valence-corrected chi connectivity index (χ4v) is 4.25. The molecule has 0 unspecified atom stereocenters. The number of nitrogens with two attached hydrogens (primary N) is 1. The molecule has 0 aliphatic heterocycles. The Balaban J connectivity index is 0.00000256. The number of ether oxygens (including phenoxy) is 1. The van der Waals surface area contributed by atoms with E-state index in [1.807, 2.05) is 24.3 Å². The summed E-state index contributed by atoms with van der Waals surface area (Å²) in [5.41, 5.74) is 6.74. The van der Waals surface area contributed by atoms with Gasteiger partial charge in [0.2, 0.25) is 5.88 Å². The van der Waals surface area contributed by atoms with Crippen molar-refractivity contribution in [3.05, 3.63) is 82.1 Å². The molecule has 4 rings (SSSR count). The van der Waals surface area contributed by atoms with E-state index in [4.69, 9.17) is 22.1 Å². The van der Waals surface area contributed by atoms with E-state index in [2.05, 4.69) is 15.3 Å². The van der Waals surface area contributed by atoms with Crippen LogP contribution in [0.4, 0.5) is 0 Å². The van der Waals surface area contributed by atoms with Crippen LogP contribution >= 0.6 is 35.3 Å². The molecule has 9 heteroatoms. The van der Waals surface area contributed by atoms with Crippen molar-refractivity contribution in [1.82, 2.24) is 15.3 Å². The largest absolute Gasteiger partial charge is 0.439 e. The van der Waals surface area contributed by atoms with Gasteiger partial charge in [-0.3, -0.25) is 4.79 Å². The summed E-state index contributed by atoms with van der Waals surface area (Å²) in [6.45, 7) is 0.648. The molecule has 6 nitrogen and oxygen atoms in total. The molecule has 30 heavy (non-hydrogen) atoms. The highest BCUT2D eigenvalue weighted by Crippen LogP contribution is 2.35. The lowest BCUT2D eigenvalue weighted by Crippen LogP contribution is -2.22. The average Bonchev–Trinajstić information content (AvgIpc) is 3.08. The van der Waals surface area contributed by atoms with E-state index in [-0.39, 0.29) is 18.3 Å². The Hall–Kier alpha value is -2.71. The molecule has 0 saturated carbocycles. The van der Waals surface area contributed by atoms with Gasteiger partial charge < -0.3 is 15.8 Å². The van der Waals surface area contributed by atoms with Crippen molar-refractivity contribution in [2.24, 2.45) is 5.73 Å². The van der Waals surface area contributed by atoms with Crippen LogP contribution in [-0.4, -0.2) is 15.9 Å². The van der Waals surface area contributed by atoms with Crippen LogP contribution in [0.25, 0.3) is 10.1 Å².